The van der Waals surface area contributed by atoms with Crippen LogP contribution in [0.25, 0.3) is 5.69 Å². The van der Waals surface area contributed by atoms with Gasteiger partial charge in [0.25, 0.3) is 5.91 Å². The molecule has 0 unspecified atom stereocenters. The molecule has 0 saturated carbocycles. The molecule has 0 aliphatic rings. The van der Waals surface area contributed by atoms with Crippen molar-refractivity contribution in [3.63, 3.8) is 0 Å². The molecule has 0 spiro atoms. The third kappa shape index (κ3) is 4.21. The van der Waals surface area contributed by atoms with Crippen molar-refractivity contribution < 1.29 is 18.0 Å². The standard InChI is InChI=1S/C20H19F3N4O/c1-19(2,3)14-6-4-13(5-7-14)18(28)26-16-10-15(20(21,22)23)8-9-17(16)27-12-24-11-25-27/h4-12H,1-3H3,(H,26,28). The summed E-state index contributed by atoms with van der Waals surface area (Å²) in [5.74, 6) is -0.513. The lowest BCUT2D eigenvalue weighted by atomic mass is 9.87. The number of nitrogens with one attached hydrogen (secondary N) is 1. The number of nitrogens with zero attached hydrogens (tertiary/aromatic N) is 3. The zero-order valence-corrected chi connectivity index (χ0v) is 15.6. The van der Waals surface area contributed by atoms with E-state index in [-0.39, 0.29) is 16.8 Å². The summed E-state index contributed by atoms with van der Waals surface area (Å²) in [4.78, 5) is 16.4. The van der Waals surface area contributed by atoms with Crippen LogP contribution < -0.4 is 5.32 Å². The van der Waals surface area contributed by atoms with E-state index in [1.54, 1.807) is 12.1 Å². The van der Waals surface area contributed by atoms with Gasteiger partial charge in [0.2, 0.25) is 0 Å². The summed E-state index contributed by atoms with van der Waals surface area (Å²) >= 11 is 0. The molecular weight excluding hydrogens is 369 g/mol. The van der Waals surface area contributed by atoms with Crippen molar-refractivity contribution in [1.29, 1.82) is 0 Å². The Morgan fingerprint density at radius 2 is 1.64 bits per heavy atom. The van der Waals surface area contributed by atoms with Gasteiger partial charge < -0.3 is 5.32 Å². The second-order valence-electron chi connectivity index (χ2n) is 7.35. The van der Waals surface area contributed by atoms with Crippen molar-refractivity contribution in [2.75, 3.05) is 5.32 Å². The molecule has 0 fully saturated rings. The number of anilines is 1. The highest BCUT2D eigenvalue weighted by atomic mass is 19.4. The molecule has 1 aromatic heterocycles. The number of hydrogen-bond acceptors (Lipinski definition) is 3. The molecule has 5 nitrogen and oxygen atoms in total. The molecule has 3 rings (SSSR count). The van der Waals surface area contributed by atoms with Gasteiger partial charge in [-0.3, -0.25) is 4.79 Å². The SMILES string of the molecule is CC(C)(C)c1ccc(C(=O)Nc2cc(C(F)(F)F)ccc2-n2cncn2)cc1. The number of benzene rings is 2. The Bertz CT molecular complexity index is 972. The summed E-state index contributed by atoms with van der Waals surface area (Å²) in [6.07, 6.45) is -1.93. The zero-order chi connectivity index (χ0) is 20.5. The lowest BCUT2D eigenvalue weighted by Crippen LogP contribution is -2.16. The van der Waals surface area contributed by atoms with E-state index in [0.29, 0.717) is 5.56 Å². The van der Waals surface area contributed by atoms with Crippen LogP contribution in [0, 0.1) is 0 Å². The van der Waals surface area contributed by atoms with Gasteiger partial charge in [-0.25, -0.2) is 9.67 Å². The number of carbonyl (C=O) groups is 1. The summed E-state index contributed by atoms with van der Waals surface area (Å²) < 4.78 is 40.6. The van der Waals surface area contributed by atoms with Crippen LogP contribution in [-0.2, 0) is 11.6 Å². The molecule has 1 amide bonds. The topological polar surface area (TPSA) is 59.8 Å². The number of alkyl halides is 3. The van der Waals surface area contributed by atoms with Gasteiger partial charge in [0.05, 0.1) is 16.9 Å². The van der Waals surface area contributed by atoms with Crippen molar-refractivity contribution in [2.24, 2.45) is 0 Å². The molecule has 146 valence electrons. The van der Waals surface area contributed by atoms with E-state index in [4.69, 9.17) is 0 Å². The maximum atomic E-state index is 13.1. The van der Waals surface area contributed by atoms with E-state index in [9.17, 15) is 18.0 Å². The van der Waals surface area contributed by atoms with Crippen LogP contribution in [0.3, 0.4) is 0 Å². The highest BCUT2D eigenvalue weighted by Gasteiger charge is 2.31. The van der Waals surface area contributed by atoms with Gasteiger partial charge in [-0.15, -0.1) is 0 Å². The van der Waals surface area contributed by atoms with Crippen LogP contribution in [0.2, 0.25) is 0 Å². The van der Waals surface area contributed by atoms with E-state index in [1.807, 2.05) is 12.1 Å². The molecular formula is C20H19F3N4O. The van der Waals surface area contributed by atoms with Crippen LogP contribution in [-0.4, -0.2) is 20.7 Å². The van der Waals surface area contributed by atoms with Crippen LogP contribution in [0.4, 0.5) is 18.9 Å². The van der Waals surface area contributed by atoms with Crippen molar-refractivity contribution in [2.45, 2.75) is 32.4 Å². The summed E-state index contributed by atoms with van der Waals surface area (Å²) in [7, 11) is 0. The molecule has 1 N–H and O–H groups in total. The second kappa shape index (κ2) is 7.10. The minimum atomic E-state index is -4.53. The first-order valence-electron chi connectivity index (χ1n) is 8.54. The Kier molecular flexibility index (Phi) is 4.97. The molecule has 0 aliphatic heterocycles. The second-order valence-corrected chi connectivity index (χ2v) is 7.35. The van der Waals surface area contributed by atoms with Gasteiger partial charge in [-0.2, -0.15) is 18.3 Å². The average Bonchev–Trinajstić information content (AvgIpc) is 3.14. The molecule has 2 aromatic carbocycles. The number of carbonyl (C=O) groups excluding carboxylic acids is 1. The fraction of sp³-hybridized carbons (Fsp3) is 0.250. The smallest absolute Gasteiger partial charge is 0.320 e. The summed E-state index contributed by atoms with van der Waals surface area (Å²) in [5.41, 5.74) is 0.725. The highest BCUT2D eigenvalue weighted by Crippen LogP contribution is 2.33. The van der Waals surface area contributed by atoms with Crippen LogP contribution >= 0.6 is 0 Å². The van der Waals surface area contributed by atoms with Crippen molar-refractivity contribution in [3.8, 4) is 5.69 Å². The largest absolute Gasteiger partial charge is 0.416 e. The molecule has 28 heavy (non-hydrogen) atoms. The first-order valence-corrected chi connectivity index (χ1v) is 8.54. The van der Waals surface area contributed by atoms with Gasteiger partial charge in [-0.1, -0.05) is 32.9 Å². The van der Waals surface area contributed by atoms with Crippen LogP contribution in [0.15, 0.2) is 55.1 Å². The van der Waals surface area contributed by atoms with Gasteiger partial charge >= 0.3 is 6.18 Å². The Labute approximate surface area is 160 Å². The minimum absolute atomic E-state index is 0.00905. The van der Waals surface area contributed by atoms with Crippen molar-refractivity contribution in [3.05, 3.63) is 71.8 Å². The highest BCUT2D eigenvalue weighted by molar-refractivity contribution is 6.05. The Hall–Kier alpha value is -3.16. The Morgan fingerprint density at radius 1 is 1.00 bits per heavy atom. The average molecular weight is 388 g/mol. The lowest BCUT2D eigenvalue weighted by Gasteiger charge is -2.19. The van der Waals surface area contributed by atoms with Gasteiger partial charge in [0.15, 0.2) is 0 Å². The number of amides is 1. The molecule has 1 heterocycles. The summed E-state index contributed by atoms with van der Waals surface area (Å²) in [6.45, 7) is 6.15. The monoisotopic (exact) mass is 388 g/mol. The van der Waals surface area contributed by atoms with E-state index in [0.717, 1.165) is 17.7 Å². The normalized spacial score (nSPS) is 12.1. The molecule has 0 bridgehead atoms. The minimum Gasteiger partial charge on any atom is -0.320 e. The molecule has 8 heteroatoms. The summed E-state index contributed by atoms with van der Waals surface area (Å²) in [6, 6.07) is 10.0. The number of aromatic nitrogens is 3. The van der Waals surface area contributed by atoms with E-state index >= 15 is 0 Å². The van der Waals surface area contributed by atoms with Gasteiger partial charge in [0.1, 0.15) is 12.7 Å². The molecule has 3 aromatic rings. The number of hydrogen-bond donors (Lipinski definition) is 1. The Morgan fingerprint density at radius 3 is 2.18 bits per heavy atom. The van der Waals surface area contributed by atoms with Crippen LogP contribution in [0.5, 0.6) is 0 Å². The number of halogens is 3. The van der Waals surface area contributed by atoms with Gasteiger partial charge in [0, 0.05) is 5.56 Å². The number of rotatable bonds is 3. The van der Waals surface area contributed by atoms with Crippen molar-refractivity contribution >= 4 is 11.6 Å². The first kappa shape index (κ1) is 19.6. The van der Waals surface area contributed by atoms with E-state index < -0.39 is 17.6 Å². The molecule has 0 radical (unpaired) electrons. The maximum Gasteiger partial charge on any atom is 0.416 e. The zero-order valence-electron chi connectivity index (χ0n) is 15.6. The Balaban J connectivity index is 1.94. The predicted octanol–water partition coefficient (Wildman–Crippen LogP) is 4.84. The third-order valence-corrected chi connectivity index (χ3v) is 4.25. The van der Waals surface area contributed by atoms with Crippen molar-refractivity contribution in [1.82, 2.24) is 14.8 Å². The molecule has 0 saturated heterocycles. The maximum absolute atomic E-state index is 13.1. The third-order valence-electron chi connectivity index (χ3n) is 4.25. The van der Waals surface area contributed by atoms with Gasteiger partial charge in [-0.05, 0) is 41.3 Å². The predicted molar refractivity (Wildman–Crippen MR) is 99.5 cm³/mol. The lowest BCUT2D eigenvalue weighted by molar-refractivity contribution is -0.137. The van der Waals surface area contributed by atoms with E-state index in [1.165, 1.54) is 23.4 Å². The molecule has 0 atom stereocenters. The molecule has 0 aliphatic carbocycles. The fourth-order valence-corrected chi connectivity index (χ4v) is 2.66. The quantitative estimate of drug-likeness (QED) is 0.699. The van der Waals surface area contributed by atoms with E-state index in [2.05, 4.69) is 36.2 Å². The summed E-state index contributed by atoms with van der Waals surface area (Å²) in [5, 5.41) is 6.49. The fourth-order valence-electron chi connectivity index (χ4n) is 2.66. The first-order chi connectivity index (χ1) is 13.1. The van der Waals surface area contributed by atoms with Crippen LogP contribution in [0.1, 0.15) is 42.3 Å².